The number of aryl methyl sites for hydroxylation is 3. The van der Waals surface area contributed by atoms with Crippen molar-refractivity contribution in [3.63, 3.8) is 0 Å². The Morgan fingerprint density at radius 3 is 2.87 bits per heavy atom. The molecule has 158 valence electrons. The number of imidazole rings is 1. The monoisotopic (exact) mass is 415 g/mol. The van der Waals surface area contributed by atoms with Gasteiger partial charge in [-0.25, -0.2) is 4.98 Å². The summed E-state index contributed by atoms with van der Waals surface area (Å²) in [6.07, 6.45) is 5.94. The van der Waals surface area contributed by atoms with E-state index >= 15 is 0 Å². The third kappa shape index (κ3) is 3.38. The first kappa shape index (κ1) is 19.4. The zero-order valence-electron chi connectivity index (χ0n) is 18.0. The van der Waals surface area contributed by atoms with Crippen LogP contribution in [-0.2, 0) is 17.6 Å². The third-order valence-electron chi connectivity index (χ3n) is 6.03. The molecule has 1 aliphatic rings. The molecule has 0 aliphatic heterocycles. The number of rotatable bonds is 4. The number of hydrogen-bond acceptors (Lipinski definition) is 4. The number of amides is 1. The van der Waals surface area contributed by atoms with Gasteiger partial charge in [0, 0.05) is 34.6 Å². The summed E-state index contributed by atoms with van der Waals surface area (Å²) in [6, 6.07) is 9.77. The molecule has 0 saturated carbocycles. The molecule has 0 saturated heterocycles. The van der Waals surface area contributed by atoms with Crippen LogP contribution in [0.5, 0.6) is 5.75 Å². The molecule has 4 aromatic rings. The molecule has 2 aromatic carbocycles. The van der Waals surface area contributed by atoms with E-state index in [4.69, 9.17) is 9.15 Å². The Hall–Kier alpha value is -3.54. The fourth-order valence-electron chi connectivity index (χ4n) is 4.53. The predicted octanol–water partition coefficient (Wildman–Crippen LogP) is 5.55. The number of allylic oxidation sites excluding steroid dienone is 1. The number of H-pyrrole nitrogens is 1. The number of methoxy groups -OCH3 is 1. The summed E-state index contributed by atoms with van der Waals surface area (Å²) < 4.78 is 11.9. The van der Waals surface area contributed by atoms with Crippen LogP contribution in [0.3, 0.4) is 0 Å². The molecule has 6 heteroatoms. The van der Waals surface area contributed by atoms with Crippen molar-refractivity contribution in [1.82, 2.24) is 9.97 Å². The van der Waals surface area contributed by atoms with Gasteiger partial charge in [0.1, 0.15) is 17.1 Å². The Bertz CT molecular complexity index is 1310. The number of carbonyl (C=O) groups is 1. The lowest BCUT2D eigenvalue weighted by Gasteiger charge is -2.13. The molecule has 31 heavy (non-hydrogen) atoms. The maximum Gasteiger partial charge on any atom is 0.250 e. The van der Waals surface area contributed by atoms with Crippen LogP contribution in [0.25, 0.3) is 27.6 Å². The van der Waals surface area contributed by atoms with Crippen LogP contribution < -0.4 is 10.1 Å². The fraction of sp³-hybridized carbons (Fsp3) is 0.280. The van der Waals surface area contributed by atoms with Gasteiger partial charge in [0.15, 0.2) is 0 Å². The Balaban J connectivity index is 1.50. The van der Waals surface area contributed by atoms with Gasteiger partial charge in [-0.2, -0.15) is 0 Å². The molecule has 0 radical (unpaired) electrons. The third-order valence-corrected chi connectivity index (χ3v) is 6.03. The molecule has 0 unspecified atom stereocenters. The first-order valence-electron chi connectivity index (χ1n) is 10.6. The summed E-state index contributed by atoms with van der Waals surface area (Å²) in [5.41, 5.74) is 6.58. The Labute approximate surface area is 180 Å². The van der Waals surface area contributed by atoms with Crippen LogP contribution >= 0.6 is 0 Å². The molecule has 2 aromatic heterocycles. The average molecular weight is 415 g/mol. The Kier molecular flexibility index (Phi) is 4.77. The molecule has 5 rings (SSSR count). The first-order chi connectivity index (χ1) is 15.0. The maximum absolute atomic E-state index is 12.7. The summed E-state index contributed by atoms with van der Waals surface area (Å²) in [5, 5.41) is 3.96. The van der Waals surface area contributed by atoms with Crippen molar-refractivity contribution in [2.45, 2.75) is 39.5 Å². The minimum Gasteiger partial charge on any atom is -0.496 e. The molecule has 6 nitrogen and oxygen atoms in total. The van der Waals surface area contributed by atoms with Gasteiger partial charge >= 0.3 is 0 Å². The summed E-state index contributed by atoms with van der Waals surface area (Å²) >= 11 is 0. The smallest absolute Gasteiger partial charge is 0.250 e. The molecule has 0 atom stereocenters. The highest BCUT2D eigenvalue weighted by molar-refractivity contribution is 6.04. The van der Waals surface area contributed by atoms with E-state index in [1.54, 1.807) is 13.2 Å². The highest BCUT2D eigenvalue weighted by atomic mass is 16.5. The molecular formula is C25H25N3O3. The van der Waals surface area contributed by atoms with Crippen molar-refractivity contribution >= 4 is 39.4 Å². The maximum atomic E-state index is 12.7. The highest BCUT2D eigenvalue weighted by Crippen LogP contribution is 2.41. The summed E-state index contributed by atoms with van der Waals surface area (Å²) in [5.74, 6) is 2.01. The van der Waals surface area contributed by atoms with Crippen LogP contribution in [0.1, 0.15) is 42.2 Å². The van der Waals surface area contributed by atoms with Crippen molar-refractivity contribution in [3.05, 3.63) is 58.9 Å². The molecule has 1 aliphatic carbocycles. The van der Waals surface area contributed by atoms with E-state index in [1.165, 1.54) is 12.0 Å². The van der Waals surface area contributed by atoms with Gasteiger partial charge in [0.05, 0.1) is 18.1 Å². The van der Waals surface area contributed by atoms with Crippen molar-refractivity contribution in [2.75, 3.05) is 12.4 Å². The second kappa shape index (κ2) is 7.61. The van der Waals surface area contributed by atoms with E-state index in [-0.39, 0.29) is 5.91 Å². The number of para-hydroxylation sites is 2. The van der Waals surface area contributed by atoms with Crippen LogP contribution in [0.2, 0.25) is 0 Å². The molecule has 0 bridgehead atoms. The fourth-order valence-corrected chi connectivity index (χ4v) is 4.53. The van der Waals surface area contributed by atoms with Gasteiger partial charge in [-0.1, -0.05) is 12.1 Å². The number of aromatic amines is 1. The molecule has 2 N–H and O–H groups in total. The average Bonchev–Trinajstić information content (AvgIpc) is 3.34. The van der Waals surface area contributed by atoms with Crippen molar-refractivity contribution < 1.29 is 13.9 Å². The largest absolute Gasteiger partial charge is 0.496 e. The minimum absolute atomic E-state index is 0.245. The van der Waals surface area contributed by atoms with Gasteiger partial charge in [-0.05, 0) is 56.9 Å². The second-order valence-electron chi connectivity index (χ2n) is 8.09. The number of carbonyl (C=O) groups excluding carboxylic acids is 1. The number of benzene rings is 2. The van der Waals surface area contributed by atoms with Crippen molar-refractivity contribution in [1.29, 1.82) is 0 Å². The Morgan fingerprint density at radius 1 is 1.26 bits per heavy atom. The van der Waals surface area contributed by atoms with Crippen molar-refractivity contribution in [3.8, 4) is 5.75 Å². The first-order valence-corrected chi connectivity index (χ1v) is 10.6. The van der Waals surface area contributed by atoms with E-state index < -0.39 is 0 Å². The molecular weight excluding hydrogens is 390 g/mol. The number of anilines is 1. The van der Waals surface area contributed by atoms with Crippen molar-refractivity contribution in [2.24, 2.45) is 0 Å². The number of hydrogen-bond donors (Lipinski definition) is 2. The molecule has 0 fully saturated rings. The van der Waals surface area contributed by atoms with Gasteiger partial charge in [0.25, 0.3) is 5.91 Å². The zero-order valence-corrected chi connectivity index (χ0v) is 18.0. The van der Waals surface area contributed by atoms with Gasteiger partial charge in [-0.15, -0.1) is 0 Å². The number of fused-ring (bicyclic) bond motifs is 4. The number of nitrogens with one attached hydrogen (secondary N) is 2. The van der Waals surface area contributed by atoms with Crippen LogP contribution in [-0.4, -0.2) is 23.0 Å². The van der Waals surface area contributed by atoms with Gasteiger partial charge in [0.2, 0.25) is 5.95 Å². The molecule has 1 amide bonds. The predicted molar refractivity (Wildman–Crippen MR) is 123 cm³/mol. The van der Waals surface area contributed by atoms with Crippen LogP contribution in [0.15, 0.2) is 40.8 Å². The lowest BCUT2D eigenvalue weighted by molar-refractivity contribution is -0.111. The lowest BCUT2D eigenvalue weighted by Crippen LogP contribution is -2.10. The SMILES string of the molecule is COc1c(/C(C)=C/C(=O)Nc2nc3ccccc3[nH]2)cc2c3c(oc2c1C)CCCC3. The number of aromatic nitrogens is 2. The van der Waals surface area contributed by atoms with Gasteiger partial charge < -0.3 is 14.1 Å². The van der Waals surface area contributed by atoms with E-state index in [0.29, 0.717) is 5.95 Å². The summed E-state index contributed by atoms with van der Waals surface area (Å²) in [6.45, 7) is 3.94. The standard InChI is InChI=1S/C25H25N3O3/c1-14(12-22(29)28-25-26-19-9-5-6-10-20(19)27-25)17-13-18-16-8-4-7-11-21(16)31-24(18)15(2)23(17)30-3/h5-6,9-10,12-13H,4,7-8,11H2,1-3H3,(H2,26,27,28,29)/b14-12+. The van der Waals surface area contributed by atoms with Crippen LogP contribution in [0.4, 0.5) is 5.95 Å². The summed E-state index contributed by atoms with van der Waals surface area (Å²) in [7, 11) is 1.66. The normalized spacial score (nSPS) is 14.1. The van der Waals surface area contributed by atoms with E-state index in [0.717, 1.165) is 69.5 Å². The van der Waals surface area contributed by atoms with Gasteiger partial charge in [-0.3, -0.25) is 10.1 Å². The second-order valence-corrected chi connectivity index (χ2v) is 8.09. The zero-order chi connectivity index (χ0) is 21.5. The number of nitrogens with zero attached hydrogens (tertiary/aromatic N) is 1. The number of furan rings is 1. The van der Waals surface area contributed by atoms with E-state index in [1.807, 2.05) is 38.1 Å². The van der Waals surface area contributed by atoms with Crippen LogP contribution in [0, 0.1) is 6.92 Å². The molecule has 0 spiro atoms. The highest BCUT2D eigenvalue weighted by Gasteiger charge is 2.23. The molecule has 2 heterocycles. The lowest BCUT2D eigenvalue weighted by atomic mass is 9.93. The quantitative estimate of drug-likeness (QED) is 0.429. The minimum atomic E-state index is -0.245. The van der Waals surface area contributed by atoms with E-state index in [2.05, 4.69) is 21.4 Å². The Morgan fingerprint density at radius 2 is 2.06 bits per heavy atom. The van der Waals surface area contributed by atoms with E-state index in [9.17, 15) is 4.79 Å². The summed E-state index contributed by atoms with van der Waals surface area (Å²) in [4.78, 5) is 20.2. The topological polar surface area (TPSA) is 80.1 Å². The number of ether oxygens (including phenoxy) is 1.